The molecule has 0 unspecified atom stereocenters. The first kappa shape index (κ1) is 17.1. The van der Waals surface area contributed by atoms with Gasteiger partial charge in [-0.25, -0.2) is 9.97 Å². The number of hydrogen-bond donors (Lipinski definition) is 0. The first-order valence-corrected chi connectivity index (χ1v) is 8.70. The molecular weight excluding hydrogens is 310 g/mol. The van der Waals surface area contributed by atoms with Crippen molar-refractivity contribution in [2.24, 2.45) is 0 Å². The molecule has 0 radical (unpaired) electrons. The smallest absolute Gasteiger partial charge is 0.228 e. The molecule has 3 rings (SSSR count). The van der Waals surface area contributed by atoms with Gasteiger partial charge >= 0.3 is 0 Å². The van der Waals surface area contributed by atoms with E-state index >= 15 is 0 Å². The van der Waals surface area contributed by atoms with Gasteiger partial charge in [0.1, 0.15) is 0 Å². The maximum absolute atomic E-state index is 12.8. The van der Waals surface area contributed by atoms with Gasteiger partial charge in [-0.05, 0) is 32.9 Å². The Bertz CT molecular complexity index is 875. The summed E-state index contributed by atoms with van der Waals surface area (Å²) in [5.41, 5.74) is 4.16. The second-order valence-electron chi connectivity index (χ2n) is 6.32. The Morgan fingerprint density at radius 1 is 0.960 bits per heavy atom. The number of carbonyl (C=O) groups excluding carboxylic acids is 1. The fraction of sp³-hybridized carbons (Fsp3) is 0.286. The summed E-state index contributed by atoms with van der Waals surface area (Å²) >= 11 is 0. The van der Waals surface area contributed by atoms with Gasteiger partial charge < -0.3 is 4.90 Å². The monoisotopic (exact) mass is 333 g/mol. The number of nitrogens with zero attached hydrogens (tertiary/aromatic N) is 3. The van der Waals surface area contributed by atoms with E-state index in [1.165, 1.54) is 0 Å². The molecule has 1 heterocycles. The Hall–Kier alpha value is -2.75. The molecule has 2 aromatic carbocycles. The van der Waals surface area contributed by atoms with Crippen molar-refractivity contribution in [3.8, 4) is 11.3 Å². The fourth-order valence-corrected chi connectivity index (χ4v) is 3.06. The molecule has 4 nitrogen and oxygen atoms in total. The predicted molar refractivity (Wildman–Crippen MR) is 101 cm³/mol. The second-order valence-corrected chi connectivity index (χ2v) is 6.32. The summed E-state index contributed by atoms with van der Waals surface area (Å²) in [5.74, 6) is 0.0827. The number of carbonyl (C=O) groups is 1. The minimum atomic E-state index is 0.0827. The van der Waals surface area contributed by atoms with Gasteiger partial charge in [0.25, 0.3) is 0 Å². The third-order valence-electron chi connectivity index (χ3n) is 4.29. The fourth-order valence-electron chi connectivity index (χ4n) is 3.06. The lowest BCUT2D eigenvalue weighted by Crippen LogP contribution is -2.38. The molecular formula is C21H23N3O. The number of rotatable bonds is 5. The summed E-state index contributed by atoms with van der Waals surface area (Å²) < 4.78 is 0. The molecule has 1 aromatic heterocycles. The lowest BCUT2D eigenvalue weighted by Gasteiger charge is -2.25. The topological polar surface area (TPSA) is 46.1 Å². The van der Waals surface area contributed by atoms with Crippen molar-refractivity contribution in [2.45, 2.75) is 33.2 Å². The average molecular weight is 333 g/mol. The van der Waals surface area contributed by atoms with Gasteiger partial charge in [-0.15, -0.1) is 0 Å². The van der Waals surface area contributed by atoms with Crippen LogP contribution in [0, 0.1) is 0 Å². The van der Waals surface area contributed by atoms with E-state index in [0.29, 0.717) is 6.54 Å². The largest absolute Gasteiger partial charge is 0.340 e. The van der Waals surface area contributed by atoms with E-state index in [1.54, 1.807) is 0 Å². The molecule has 0 fully saturated rings. The highest BCUT2D eigenvalue weighted by Crippen LogP contribution is 2.24. The van der Waals surface area contributed by atoms with Crippen molar-refractivity contribution in [1.29, 1.82) is 0 Å². The molecule has 0 aliphatic heterocycles. The molecule has 0 atom stereocenters. The van der Waals surface area contributed by atoms with Crippen molar-refractivity contribution >= 4 is 16.9 Å². The molecule has 0 aliphatic carbocycles. The molecule has 0 aliphatic rings. The lowest BCUT2D eigenvalue weighted by molar-refractivity contribution is -0.131. The van der Waals surface area contributed by atoms with E-state index in [9.17, 15) is 4.79 Å². The van der Waals surface area contributed by atoms with Crippen LogP contribution >= 0.6 is 0 Å². The highest BCUT2D eigenvalue weighted by Gasteiger charge is 2.19. The molecule has 0 saturated heterocycles. The minimum absolute atomic E-state index is 0.0827. The molecule has 4 heteroatoms. The zero-order valence-electron chi connectivity index (χ0n) is 14.9. The van der Waals surface area contributed by atoms with Crippen molar-refractivity contribution in [2.75, 3.05) is 6.54 Å². The number of hydrogen-bond acceptors (Lipinski definition) is 3. The summed E-state index contributed by atoms with van der Waals surface area (Å²) in [6.45, 7) is 6.76. The van der Waals surface area contributed by atoms with E-state index in [0.717, 1.165) is 28.0 Å². The van der Waals surface area contributed by atoms with E-state index in [2.05, 4.69) is 0 Å². The van der Waals surface area contributed by atoms with Gasteiger partial charge in [0.05, 0.1) is 28.8 Å². The van der Waals surface area contributed by atoms with Crippen molar-refractivity contribution < 1.29 is 4.79 Å². The molecule has 3 aromatic rings. The first-order valence-electron chi connectivity index (χ1n) is 8.70. The molecule has 0 spiro atoms. The number of fused-ring (bicyclic) bond motifs is 1. The number of aromatic nitrogens is 2. The molecule has 0 bridgehead atoms. The third-order valence-corrected chi connectivity index (χ3v) is 4.29. The standard InChI is InChI=1S/C21H23N3O/c1-4-24(15(2)3)20(25)14-19-21(16-10-6-5-7-11-16)23-18-13-9-8-12-17(18)22-19/h5-13,15H,4,14H2,1-3H3. The van der Waals surface area contributed by atoms with Gasteiger partial charge in [-0.3, -0.25) is 4.79 Å². The van der Waals surface area contributed by atoms with Gasteiger partial charge in [0.2, 0.25) is 5.91 Å². The quantitative estimate of drug-likeness (QED) is 0.706. The van der Waals surface area contributed by atoms with Crippen LogP contribution in [-0.4, -0.2) is 33.4 Å². The van der Waals surface area contributed by atoms with E-state index in [4.69, 9.17) is 9.97 Å². The molecule has 1 amide bonds. The molecule has 0 N–H and O–H groups in total. The van der Waals surface area contributed by atoms with E-state index in [1.807, 2.05) is 80.3 Å². The van der Waals surface area contributed by atoms with Gasteiger partial charge in [0, 0.05) is 18.2 Å². The Morgan fingerprint density at radius 2 is 1.56 bits per heavy atom. The molecule has 25 heavy (non-hydrogen) atoms. The number of para-hydroxylation sites is 2. The predicted octanol–water partition coefficient (Wildman–Crippen LogP) is 4.10. The Labute approximate surface area is 148 Å². The van der Waals surface area contributed by atoms with Crippen LogP contribution in [0.1, 0.15) is 26.5 Å². The zero-order chi connectivity index (χ0) is 17.8. The zero-order valence-corrected chi connectivity index (χ0v) is 14.9. The summed E-state index contributed by atoms with van der Waals surface area (Å²) in [5, 5.41) is 0. The van der Waals surface area contributed by atoms with Crippen LogP contribution in [0.5, 0.6) is 0 Å². The van der Waals surface area contributed by atoms with Crippen LogP contribution < -0.4 is 0 Å². The van der Waals surface area contributed by atoms with E-state index < -0.39 is 0 Å². The van der Waals surface area contributed by atoms with Crippen LogP contribution in [0.3, 0.4) is 0 Å². The van der Waals surface area contributed by atoms with E-state index in [-0.39, 0.29) is 18.4 Å². The van der Waals surface area contributed by atoms with Gasteiger partial charge in [-0.1, -0.05) is 42.5 Å². The van der Waals surface area contributed by atoms with Crippen LogP contribution in [0.2, 0.25) is 0 Å². The number of likely N-dealkylation sites (N-methyl/N-ethyl adjacent to an activating group) is 1. The first-order chi connectivity index (χ1) is 12.1. The van der Waals surface area contributed by atoms with Crippen LogP contribution in [-0.2, 0) is 11.2 Å². The number of benzene rings is 2. The van der Waals surface area contributed by atoms with Crippen molar-refractivity contribution in [3.05, 3.63) is 60.3 Å². The Balaban J connectivity index is 2.07. The Morgan fingerprint density at radius 3 is 2.16 bits per heavy atom. The highest BCUT2D eigenvalue weighted by atomic mass is 16.2. The third kappa shape index (κ3) is 3.68. The Kier molecular flexibility index (Phi) is 5.08. The number of amides is 1. The lowest BCUT2D eigenvalue weighted by atomic mass is 10.1. The molecule has 0 saturated carbocycles. The van der Waals surface area contributed by atoms with Crippen molar-refractivity contribution in [1.82, 2.24) is 14.9 Å². The van der Waals surface area contributed by atoms with Crippen LogP contribution in [0.15, 0.2) is 54.6 Å². The maximum Gasteiger partial charge on any atom is 0.228 e. The highest BCUT2D eigenvalue weighted by molar-refractivity contribution is 5.84. The van der Waals surface area contributed by atoms with Crippen LogP contribution in [0.25, 0.3) is 22.3 Å². The minimum Gasteiger partial charge on any atom is -0.340 e. The van der Waals surface area contributed by atoms with Gasteiger partial charge in [0.15, 0.2) is 0 Å². The summed E-state index contributed by atoms with van der Waals surface area (Å²) in [6.07, 6.45) is 0.258. The second kappa shape index (κ2) is 7.43. The normalized spacial score (nSPS) is 11.0. The SMILES string of the molecule is CCN(C(=O)Cc1nc2ccccc2nc1-c1ccccc1)C(C)C. The summed E-state index contributed by atoms with van der Waals surface area (Å²) in [6, 6.07) is 17.9. The molecule has 128 valence electrons. The summed E-state index contributed by atoms with van der Waals surface area (Å²) in [7, 11) is 0. The van der Waals surface area contributed by atoms with Crippen molar-refractivity contribution in [3.63, 3.8) is 0 Å². The summed E-state index contributed by atoms with van der Waals surface area (Å²) in [4.78, 5) is 24.2. The van der Waals surface area contributed by atoms with Crippen LogP contribution in [0.4, 0.5) is 0 Å². The average Bonchev–Trinajstić information content (AvgIpc) is 2.62. The maximum atomic E-state index is 12.8. The van der Waals surface area contributed by atoms with Gasteiger partial charge in [-0.2, -0.15) is 0 Å².